The molecule has 0 aliphatic carbocycles. The third kappa shape index (κ3) is 3.82. The Morgan fingerprint density at radius 1 is 1.14 bits per heavy atom. The molecule has 0 spiro atoms. The van der Waals surface area contributed by atoms with Crippen LogP contribution in [0.25, 0.3) is 17.2 Å². The number of hydrogen-bond donors (Lipinski definition) is 0. The van der Waals surface area contributed by atoms with E-state index >= 15 is 0 Å². The Morgan fingerprint density at radius 3 is 2.32 bits per heavy atom. The molecular weight excluding hydrogens is 279 g/mol. The Hall–Kier alpha value is -2.42. The zero-order valence-corrected chi connectivity index (χ0v) is 13.0. The van der Waals surface area contributed by atoms with Crippen molar-refractivity contribution in [2.24, 2.45) is 0 Å². The number of esters is 1. The number of carbonyl (C=O) groups excluding carboxylic acids is 1. The van der Waals surface area contributed by atoms with Crippen LogP contribution in [0.15, 0.2) is 49.0 Å². The first-order valence-corrected chi connectivity index (χ1v) is 7.06. The third-order valence-corrected chi connectivity index (χ3v) is 3.06. The van der Waals surface area contributed by atoms with E-state index in [4.69, 9.17) is 4.74 Å². The van der Waals surface area contributed by atoms with Crippen LogP contribution >= 0.6 is 0 Å². The van der Waals surface area contributed by atoms with Gasteiger partial charge in [0.1, 0.15) is 11.4 Å². The molecule has 0 bridgehead atoms. The normalized spacial score (nSPS) is 11.1. The molecule has 2 nitrogen and oxygen atoms in total. The highest BCUT2D eigenvalue weighted by Gasteiger charge is 2.17. The number of halogens is 1. The predicted molar refractivity (Wildman–Crippen MR) is 87.1 cm³/mol. The monoisotopic (exact) mass is 298 g/mol. The number of benzene rings is 2. The van der Waals surface area contributed by atoms with Crippen molar-refractivity contribution in [1.29, 1.82) is 0 Å². The fraction of sp³-hybridized carbons (Fsp3) is 0.211. The van der Waals surface area contributed by atoms with Crippen molar-refractivity contribution in [2.45, 2.75) is 26.4 Å². The van der Waals surface area contributed by atoms with Crippen LogP contribution in [-0.2, 0) is 4.74 Å². The molecule has 0 radical (unpaired) electrons. The summed E-state index contributed by atoms with van der Waals surface area (Å²) in [4.78, 5) is 12.0. The lowest BCUT2D eigenvalue weighted by Gasteiger charge is -2.19. The quantitative estimate of drug-likeness (QED) is 0.738. The second kappa shape index (κ2) is 6.14. The number of hydrogen-bond acceptors (Lipinski definition) is 2. The smallest absolute Gasteiger partial charge is 0.338 e. The van der Waals surface area contributed by atoms with Crippen molar-refractivity contribution in [1.82, 2.24) is 0 Å². The first kappa shape index (κ1) is 16.0. The highest BCUT2D eigenvalue weighted by atomic mass is 19.1. The summed E-state index contributed by atoms with van der Waals surface area (Å²) in [5.74, 6) is -0.661. The molecule has 0 saturated carbocycles. The van der Waals surface area contributed by atoms with Crippen LogP contribution in [0.4, 0.5) is 4.39 Å². The van der Waals surface area contributed by atoms with E-state index in [9.17, 15) is 9.18 Å². The van der Waals surface area contributed by atoms with Gasteiger partial charge in [0.2, 0.25) is 0 Å². The van der Waals surface area contributed by atoms with Gasteiger partial charge in [0.05, 0.1) is 5.56 Å². The zero-order valence-electron chi connectivity index (χ0n) is 13.0. The topological polar surface area (TPSA) is 26.3 Å². The van der Waals surface area contributed by atoms with Gasteiger partial charge in [-0.15, -0.1) is 0 Å². The average molecular weight is 298 g/mol. The van der Waals surface area contributed by atoms with E-state index in [0.29, 0.717) is 11.1 Å². The van der Waals surface area contributed by atoms with Crippen molar-refractivity contribution in [2.75, 3.05) is 0 Å². The summed E-state index contributed by atoms with van der Waals surface area (Å²) in [6.07, 6.45) is 1.61. The molecule has 0 atom stereocenters. The average Bonchev–Trinajstić information content (AvgIpc) is 2.45. The van der Waals surface area contributed by atoms with Crippen LogP contribution in [0.3, 0.4) is 0 Å². The fourth-order valence-corrected chi connectivity index (χ4v) is 2.09. The maximum atomic E-state index is 13.3. The molecule has 2 rings (SSSR count). The van der Waals surface area contributed by atoms with Crippen molar-refractivity contribution in [3.63, 3.8) is 0 Å². The summed E-state index contributed by atoms with van der Waals surface area (Å²) in [5.41, 5.74) is 2.43. The molecule has 0 aromatic heterocycles. The van der Waals surface area contributed by atoms with Crippen LogP contribution in [0.5, 0.6) is 0 Å². The van der Waals surface area contributed by atoms with E-state index < -0.39 is 5.60 Å². The molecule has 0 heterocycles. The molecule has 114 valence electrons. The highest BCUT2D eigenvalue weighted by Crippen LogP contribution is 2.26. The van der Waals surface area contributed by atoms with E-state index in [-0.39, 0.29) is 11.8 Å². The maximum absolute atomic E-state index is 13.3. The van der Waals surface area contributed by atoms with E-state index in [1.165, 1.54) is 12.1 Å². The molecular formula is C19H19FO2. The summed E-state index contributed by atoms with van der Waals surface area (Å²) in [6, 6.07) is 11.6. The molecule has 2 aromatic rings. The predicted octanol–water partition coefficient (Wildman–Crippen LogP) is 5.09. The van der Waals surface area contributed by atoms with Gasteiger partial charge < -0.3 is 4.74 Å². The maximum Gasteiger partial charge on any atom is 0.338 e. The Balaban J connectivity index is 2.30. The molecule has 0 amide bonds. The van der Waals surface area contributed by atoms with Gasteiger partial charge in [-0.05, 0) is 61.7 Å². The molecule has 0 aliphatic rings. The van der Waals surface area contributed by atoms with Gasteiger partial charge in [0.15, 0.2) is 0 Å². The summed E-state index contributed by atoms with van der Waals surface area (Å²) < 4.78 is 18.6. The minimum atomic E-state index is -0.525. The highest BCUT2D eigenvalue weighted by molar-refractivity contribution is 5.90. The standard InChI is InChI=1S/C19H19FO2/c1-5-13-12-16(20)10-11-17(13)14-6-8-15(9-7-14)18(21)22-19(2,3)4/h5-12H,1H2,2-4H3. The molecule has 0 fully saturated rings. The molecule has 0 unspecified atom stereocenters. The molecule has 0 N–H and O–H groups in total. The van der Waals surface area contributed by atoms with E-state index in [1.807, 2.05) is 32.9 Å². The molecule has 0 aliphatic heterocycles. The molecule has 3 heteroatoms. The van der Waals surface area contributed by atoms with E-state index in [0.717, 1.165) is 11.1 Å². The summed E-state index contributed by atoms with van der Waals surface area (Å²) >= 11 is 0. The number of rotatable bonds is 3. The Morgan fingerprint density at radius 2 is 1.77 bits per heavy atom. The van der Waals surface area contributed by atoms with E-state index in [1.54, 1.807) is 24.3 Å². The molecule has 0 saturated heterocycles. The summed E-state index contributed by atoms with van der Waals surface area (Å²) in [5, 5.41) is 0. The molecule has 2 aromatic carbocycles. The second-order valence-corrected chi connectivity index (χ2v) is 6.01. The minimum absolute atomic E-state index is 0.302. The van der Waals surface area contributed by atoms with Crippen LogP contribution in [0.2, 0.25) is 0 Å². The van der Waals surface area contributed by atoms with Gasteiger partial charge in [-0.3, -0.25) is 0 Å². The fourth-order valence-electron chi connectivity index (χ4n) is 2.09. The van der Waals surface area contributed by atoms with Gasteiger partial charge in [-0.25, -0.2) is 9.18 Å². The van der Waals surface area contributed by atoms with Crippen molar-refractivity contribution in [3.8, 4) is 11.1 Å². The van der Waals surface area contributed by atoms with Crippen LogP contribution in [0, 0.1) is 5.82 Å². The van der Waals surface area contributed by atoms with Gasteiger partial charge in [0.25, 0.3) is 0 Å². The lowest BCUT2D eigenvalue weighted by Crippen LogP contribution is -2.23. The lowest BCUT2D eigenvalue weighted by atomic mass is 9.98. The number of carbonyl (C=O) groups is 1. The SMILES string of the molecule is C=Cc1cc(F)ccc1-c1ccc(C(=O)OC(C)(C)C)cc1. The van der Waals surface area contributed by atoms with Gasteiger partial charge in [-0.2, -0.15) is 0 Å². The number of ether oxygens (including phenoxy) is 1. The van der Waals surface area contributed by atoms with Crippen molar-refractivity contribution in [3.05, 3.63) is 66.0 Å². The summed E-state index contributed by atoms with van der Waals surface area (Å²) in [7, 11) is 0. The lowest BCUT2D eigenvalue weighted by molar-refractivity contribution is 0.00696. The molecule has 22 heavy (non-hydrogen) atoms. The largest absolute Gasteiger partial charge is 0.456 e. The zero-order chi connectivity index (χ0) is 16.3. The minimum Gasteiger partial charge on any atom is -0.456 e. The Bertz CT molecular complexity index is 694. The van der Waals surface area contributed by atoms with Gasteiger partial charge in [-0.1, -0.05) is 30.9 Å². The third-order valence-electron chi connectivity index (χ3n) is 3.06. The second-order valence-electron chi connectivity index (χ2n) is 6.01. The van der Waals surface area contributed by atoms with Crippen molar-refractivity contribution < 1.29 is 13.9 Å². The first-order valence-electron chi connectivity index (χ1n) is 7.06. The van der Waals surface area contributed by atoms with Crippen LogP contribution < -0.4 is 0 Å². The Labute approximate surface area is 130 Å². The van der Waals surface area contributed by atoms with Gasteiger partial charge in [0, 0.05) is 0 Å². The van der Waals surface area contributed by atoms with Crippen LogP contribution in [0.1, 0.15) is 36.7 Å². The van der Waals surface area contributed by atoms with Crippen molar-refractivity contribution >= 4 is 12.0 Å². The van der Waals surface area contributed by atoms with Gasteiger partial charge >= 0.3 is 5.97 Å². The van der Waals surface area contributed by atoms with E-state index in [2.05, 4.69) is 6.58 Å². The first-order chi connectivity index (χ1) is 10.3. The van der Waals surface area contributed by atoms with Crippen LogP contribution in [-0.4, -0.2) is 11.6 Å². The Kier molecular flexibility index (Phi) is 4.45. The summed E-state index contributed by atoms with van der Waals surface area (Å²) in [6.45, 7) is 9.19.